The van der Waals surface area contributed by atoms with E-state index in [-0.39, 0.29) is 11.0 Å². The summed E-state index contributed by atoms with van der Waals surface area (Å²) in [5, 5.41) is 0. The summed E-state index contributed by atoms with van der Waals surface area (Å²) in [5.41, 5.74) is 0. The van der Waals surface area contributed by atoms with Gasteiger partial charge in [0.2, 0.25) is 0 Å². The van der Waals surface area contributed by atoms with Gasteiger partial charge in [-0.1, -0.05) is 0 Å². The van der Waals surface area contributed by atoms with E-state index in [0.29, 0.717) is 0 Å². The van der Waals surface area contributed by atoms with Crippen LogP contribution in [-0.2, 0) is 15.2 Å². The van der Waals surface area contributed by atoms with Gasteiger partial charge in [-0.3, -0.25) is 0 Å². The van der Waals surface area contributed by atoms with E-state index in [9.17, 15) is 0 Å². The van der Waals surface area contributed by atoms with Gasteiger partial charge in [0.05, 0.1) is 0 Å². The molecule has 0 amide bonds. The van der Waals surface area contributed by atoms with E-state index in [1.54, 1.807) is 0 Å². The maximum absolute atomic E-state index is 4.95. The number of rotatable bonds is 0. The monoisotopic (exact) mass is 338 g/mol. The number of hydrogen-bond donors (Lipinski definition) is 0. The van der Waals surface area contributed by atoms with Gasteiger partial charge in [0.25, 0.3) is 0 Å². The molecule has 0 bridgehead atoms. The molecule has 0 aromatic rings. The Labute approximate surface area is 53.6 Å². The van der Waals surface area contributed by atoms with E-state index < -0.39 is 15.2 Å². The van der Waals surface area contributed by atoms with E-state index in [4.69, 9.17) is 27.6 Å². The molecule has 0 rings (SSSR count). The Morgan fingerprint density at radius 1 is 0.833 bits per heavy atom. The second kappa shape index (κ2) is 9.73. The molecule has 0 aliphatic rings. The zero-order valence-electron chi connectivity index (χ0n) is 2.44. The Morgan fingerprint density at radius 2 is 0.833 bits per heavy atom. The second-order valence-corrected chi connectivity index (χ2v) is 9.52. The van der Waals surface area contributed by atoms with Crippen LogP contribution in [-0.4, -0.2) is 11.0 Å². The van der Waals surface area contributed by atoms with Crippen LogP contribution in [0.2, 0.25) is 0 Å². The quantitative estimate of drug-likeness (QED) is 0.574. The molecule has 0 saturated heterocycles. The molecule has 6 heavy (non-hydrogen) atoms. The molecule has 0 spiro atoms. The summed E-state index contributed by atoms with van der Waals surface area (Å²) >= 11 is -1.79. The van der Waals surface area contributed by atoms with Crippen molar-refractivity contribution in [2.45, 2.75) is 0 Å². The Morgan fingerprint density at radius 3 is 0.833 bits per heavy atom. The van der Waals surface area contributed by atoms with Crippen LogP contribution in [0.1, 0.15) is 0 Å². The predicted octanol–water partition coefficient (Wildman–Crippen LogP) is 0.417. The van der Waals surface area contributed by atoms with Gasteiger partial charge in [-0.25, -0.2) is 0 Å². The fourth-order valence-electron chi connectivity index (χ4n) is 0. The van der Waals surface area contributed by atoms with E-state index in [1.807, 2.05) is 0 Å². The number of halogens is 3. The first-order chi connectivity index (χ1) is 1.73. The minimum atomic E-state index is -1.79. The van der Waals surface area contributed by atoms with Gasteiger partial charge < -0.3 is 11.0 Å². The SMILES string of the molecule is O.O.[Cl][Au]([Cl])[Cl]. The molecule has 0 radical (unpaired) electrons. The molecule has 0 unspecified atom stereocenters. The maximum atomic E-state index is 4.95. The van der Waals surface area contributed by atoms with Crippen LogP contribution >= 0.6 is 27.6 Å². The van der Waals surface area contributed by atoms with Crippen molar-refractivity contribution in [2.24, 2.45) is 0 Å². The van der Waals surface area contributed by atoms with E-state index in [0.717, 1.165) is 0 Å². The van der Waals surface area contributed by atoms with Crippen molar-refractivity contribution < 1.29 is 26.2 Å². The minimum absolute atomic E-state index is 0. The zero-order chi connectivity index (χ0) is 3.58. The topological polar surface area (TPSA) is 63.0 Å². The van der Waals surface area contributed by atoms with Gasteiger partial charge in [-0.05, 0) is 0 Å². The number of hydrogen-bond acceptors (Lipinski definition) is 0. The van der Waals surface area contributed by atoms with Crippen molar-refractivity contribution >= 4 is 27.6 Å². The van der Waals surface area contributed by atoms with E-state index >= 15 is 0 Å². The van der Waals surface area contributed by atoms with Gasteiger partial charge in [-0.2, -0.15) is 0 Å². The van der Waals surface area contributed by atoms with Crippen LogP contribution in [0.3, 0.4) is 0 Å². The Balaban J connectivity index is -0.0000000450. The standard InChI is InChI=1S/Au.3ClH.2H2O/h;3*1H;2*1H2/q+3;;;;;/p-3. The van der Waals surface area contributed by atoms with E-state index in [1.165, 1.54) is 0 Å². The molecule has 4 N–H and O–H groups in total. The summed E-state index contributed by atoms with van der Waals surface area (Å²) < 4.78 is 0. The molecule has 0 aliphatic carbocycles. The van der Waals surface area contributed by atoms with Crippen molar-refractivity contribution in [3.05, 3.63) is 0 Å². The zero-order valence-corrected chi connectivity index (χ0v) is 6.87. The van der Waals surface area contributed by atoms with Crippen LogP contribution in [0.15, 0.2) is 0 Å². The van der Waals surface area contributed by atoms with Crippen molar-refractivity contribution in [3.63, 3.8) is 0 Å². The first-order valence-electron chi connectivity index (χ1n) is 0.342. The molecule has 2 nitrogen and oxygen atoms in total. The third-order valence-corrected chi connectivity index (χ3v) is 0. The third-order valence-electron chi connectivity index (χ3n) is 0. The van der Waals surface area contributed by atoms with Gasteiger partial charge in [0.15, 0.2) is 0 Å². The van der Waals surface area contributed by atoms with Crippen LogP contribution in [0.25, 0.3) is 0 Å². The molecule has 0 aromatic carbocycles. The first-order valence-corrected chi connectivity index (χ1v) is 8.40. The van der Waals surface area contributed by atoms with Gasteiger partial charge >= 0.3 is 42.8 Å². The molecule has 0 aromatic heterocycles. The normalized spacial score (nSPS) is 7.50. The molecule has 0 saturated carbocycles. The Hall–Kier alpha value is 1.53. The summed E-state index contributed by atoms with van der Waals surface area (Å²) in [7, 11) is 14.9. The predicted molar refractivity (Wildman–Crippen MR) is 24.8 cm³/mol. The second-order valence-electron chi connectivity index (χ2n) is 0.129. The van der Waals surface area contributed by atoms with Crippen LogP contribution in [0, 0.1) is 0 Å². The van der Waals surface area contributed by atoms with Crippen LogP contribution in [0.5, 0.6) is 0 Å². The summed E-state index contributed by atoms with van der Waals surface area (Å²) in [6.45, 7) is 0. The molecule has 0 aliphatic heterocycles. The first kappa shape index (κ1) is 15.6. The Bertz CT molecular complexity index is 13.5. The average Bonchev–Trinajstić information content (AvgIpc) is 0.811. The molecule has 0 atom stereocenters. The summed E-state index contributed by atoms with van der Waals surface area (Å²) in [6.07, 6.45) is 0. The van der Waals surface area contributed by atoms with Crippen LogP contribution in [0.4, 0.5) is 0 Å². The van der Waals surface area contributed by atoms with Gasteiger partial charge in [-0.15, -0.1) is 0 Å². The van der Waals surface area contributed by atoms with Crippen molar-refractivity contribution in [3.8, 4) is 0 Å². The Kier molecular flexibility index (Phi) is 25.4. The van der Waals surface area contributed by atoms with Crippen molar-refractivity contribution in [2.75, 3.05) is 0 Å². The van der Waals surface area contributed by atoms with Crippen molar-refractivity contribution in [1.29, 1.82) is 0 Å². The molecule has 48 valence electrons. The fraction of sp³-hybridized carbons (Fsp3) is 0. The molecule has 0 fully saturated rings. The van der Waals surface area contributed by atoms with Gasteiger partial charge in [0.1, 0.15) is 0 Å². The van der Waals surface area contributed by atoms with Crippen molar-refractivity contribution in [1.82, 2.24) is 0 Å². The molecular weight excluding hydrogens is 335 g/mol. The summed E-state index contributed by atoms with van der Waals surface area (Å²) in [4.78, 5) is 0. The molecular formula is H4AuCl3O2. The van der Waals surface area contributed by atoms with Gasteiger partial charge in [0, 0.05) is 0 Å². The average molecular weight is 339 g/mol. The molecule has 6 heteroatoms. The third kappa shape index (κ3) is 48.5. The molecule has 0 heterocycles. The summed E-state index contributed by atoms with van der Waals surface area (Å²) in [6, 6.07) is 0. The summed E-state index contributed by atoms with van der Waals surface area (Å²) in [5.74, 6) is 0. The van der Waals surface area contributed by atoms with E-state index in [2.05, 4.69) is 0 Å². The van der Waals surface area contributed by atoms with Crippen LogP contribution < -0.4 is 0 Å². The fourth-order valence-corrected chi connectivity index (χ4v) is 0.